The Kier molecular flexibility index (Phi) is 5.69. The van der Waals surface area contributed by atoms with Crippen LogP contribution in [-0.4, -0.2) is 23.2 Å². The number of anilines is 1. The Morgan fingerprint density at radius 2 is 1.89 bits per heavy atom. The molecule has 144 valence electrons. The number of nitrogens with two attached hydrogens (primary N) is 1. The first-order valence-electron chi connectivity index (χ1n) is 9.47. The van der Waals surface area contributed by atoms with Gasteiger partial charge in [-0.2, -0.15) is 0 Å². The van der Waals surface area contributed by atoms with Crippen molar-refractivity contribution in [3.8, 4) is 5.75 Å². The zero-order valence-corrected chi connectivity index (χ0v) is 16.7. The number of aryl methyl sites for hydroxylation is 1. The van der Waals surface area contributed by atoms with Gasteiger partial charge in [0.15, 0.2) is 5.82 Å². The smallest absolute Gasteiger partial charge is 0.151 e. The molecule has 6 heteroatoms. The number of pyridine rings is 1. The number of hydrogen-bond donors (Lipinski definition) is 1. The normalized spacial score (nSPS) is 11.3. The summed E-state index contributed by atoms with van der Waals surface area (Å²) >= 11 is 1.70. The molecule has 0 amide bonds. The van der Waals surface area contributed by atoms with Gasteiger partial charge in [0.2, 0.25) is 0 Å². The van der Waals surface area contributed by atoms with Crippen molar-refractivity contribution in [1.29, 1.82) is 0 Å². The van der Waals surface area contributed by atoms with Gasteiger partial charge >= 0.3 is 0 Å². The molecule has 0 aliphatic heterocycles. The molecular formula is C22H23N3O2S. The molecule has 0 fully saturated rings. The van der Waals surface area contributed by atoms with E-state index in [2.05, 4.69) is 16.9 Å². The van der Waals surface area contributed by atoms with Crippen LogP contribution >= 0.6 is 11.3 Å². The lowest BCUT2D eigenvalue weighted by molar-refractivity contribution is 0.0889. The SMILES string of the molecule is CCCc1nc2c(N)nc3cc(OCCOCc4ccccc4)ccc3c2s1. The summed E-state index contributed by atoms with van der Waals surface area (Å²) in [6, 6.07) is 16.1. The van der Waals surface area contributed by atoms with E-state index in [4.69, 9.17) is 15.2 Å². The highest BCUT2D eigenvalue weighted by Gasteiger charge is 2.12. The van der Waals surface area contributed by atoms with Crippen molar-refractivity contribution in [1.82, 2.24) is 9.97 Å². The first kappa shape index (κ1) is 18.7. The maximum absolute atomic E-state index is 6.15. The van der Waals surface area contributed by atoms with Crippen LogP contribution in [0.15, 0.2) is 48.5 Å². The zero-order chi connectivity index (χ0) is 19.3. The van der Waals surface area contributed by atoms with Gasteiger partial charge in [-0.3, -0.25) is 0 Å². The van der Waals surface area contributed by atoms with Gasteiger partial charge in [0.25, 0.3) is 0 Å². The van der Waals surface area contributed by atoms with E-state index in [1.165, 1.54) is 0 Å². The number of aromatic nitrogens is 2. The second-order valence-corrected chi connectivity index (χ2v) is 7.68. The summed E-state index contributed by atoms with van der Waals surface area (Å²) < 4.78 is 12.6. The van der Waals surface area contributed by atoms with E-state index in [0.717, 1.165) is 50.3 Å². The predicted octanol–water partition coefficient (Wildman–Crippen LogP) is 4.97. The standard InChI is InChI=1S/C22H23N3O2S/c1-2-6-19-25-20-21(28-19)17-10-9-16(13-18(17)24-22(20)23)27-12-11-26-14-15-7-4-3-5-8-15/h3-5,7-10,13H,2,6,11-12,14H2,1H3,(H2,23,24). The molecule has 0 saturated heterocycles. The minimum Gasteiger partial charge on any atom is -0.491 e. The average molecular weight is 394 g/mol. The van der Waals surface area contributed by atoms with Crippen molar-refractivity contribution in [2.24, 2.45) is 0 Å². The van der Waals surface area contributed by atoms with Gasteiger partial charge in [-0.25, -0.2) is 9.97 Å². The van der Waals surface area contributed by atoms with Gasteiger partial charge < -0.3 is 15.2 Å². The molecule has 0 bridgehead atoms. The van der Waals surface area contributed by atoms with Crippen LogP contribution in [0.1, 0.15) is 23.9 Å². The number of hydrogen-bond acceptors (Lipinski definition) is 6. The van der Waals surface area contributed by atoms with Gasteiger partial charge in [0.05, 0.1) is 28.4 Å². The van der Waals surface area contributed by atoms with Crippen LogP contribution in [-0.2, 0) is 17.8 Å². The molecule has 0 aliphatic rings. The van der Waals surface area contributed by atoms with Gasteiger partial charge in [-0.15, -0.1) is 11.3 Å². The molecule has 0 spiro atoms. The van der Waals surface area contributed by atoms with E-state index >= 15 is 0 Å². The second-order valence-electron chi connectivity index (χ2n) is 6.60. The summed E-state index contributed by atoms with van der Waals surface area (Å²) in [6.45, 7) is 3.75. The van der Waals surface area contributed by atoms with Crippen LogP contribution in [0.25, 0.3) is 21.1 Å². The fraction of sp³-hybridized carbons (Fsp3) is 0.273. The quantitative estimate of drug-likeness (QED) is 0.428. The third-order valence-electron chi connectivity index (χ3n) is 4.44. The third-order valence-corrected chi connectivity index (χ3v) is 5.59. The lowest BCUT2D eigenvalue weighted by atomic mass is 10.2. The van der Waals surface area contributed by atoms with Crippen molar-refractivity contribution in [2.75, 3.05) is 18.9 Å². The Morgan fingerprint density at radius 3 is 2.71 bits per heavy atom. The first-order chi connectivity index (χ1) is 13.7. The Morgan fingerprint density at radius 1 is 1.04 bits per heavy atom. The van der Waals surface area contributed by atoms with E-state index in [1.54, 1.807) is 11.3 Å². The fourth-order valence-corrected chi connectivity index (χ4v) is 4.30. The van der Waals surface area contributed by atoms with Gasteiger partial charge in [-0.05, 0) is 30.5 Å². The minimum atomic E-state index is 0.476. The Balaban J connectivity index is 1.43. The summed E-state index contributed by atoms with van der Waals surface area (Å²) in [5, 5.41) is 2.17. The second kappa shape index (κ2) is 8.54. The number of thiazole rings is 1. The summed E-state index contributed by atoms with van der Waals surface area (Å²) in [6.07, 6.45) is 2.03. The van der Waals surface area contributed by atoms with Crippen LogP contribution in [0.5, 0.6) is 5.75 Å². The van der Waals surface area contributed by atoms with Gasteiger partial charge in [0.1, 0.15) is 17.9 Å². The van der Waals surface area contributed by atoms with Gasteiger partial charge in [-0.1, -0.05) is 37.3 Å². The minimum absolute atomic E-state index is 0.476. The number of fused-ring (bicyclic) bond motifs is 3. The maximum atomic E-state index is 6.15. The van der Waals surface area contributed by atoms with E-state index in [-0.39, 0.29) is 0 Å². The van der Waals surface area contributed by atoms with Crippen molar-refractivity contribution in [2.45, 2.75) is 26.4 Å². The molecular weight excluding hydrogens is 370 g/mol. The van der Waals surface area contributed by atoms with Crippen LogP contribution in [0.3, 0.4) is 0 Å². The molecule has 0 aliphatic carbocycles. The Bertz CT molecular complexity index is 1080. The summed E-state index contributed by atoms with van der Waals surface area (Å²) in [7, 11) is 0. The molecule has 4 aromatic rings. The Hall–Kier alpha value is -2.70. The van der Waals surface area contributed by atoms with E-state index < -0.39 is 0 Å². The number of nitrogen functional groups attached to an aromatic ring is 1. The molecule has 2 N–H and O–H groups in total. The summed E-state index contributed by atoms with van der Waals surface area (Å²) in [4.78, 5) is 9.19. The number of benzene rings is 2. The van der Waals surface area contributed by atoms with E-state index in [0.29, 0.717) is 25.6 Å². The largest absolute Gasteiger partial charge is 0.491 e. The van der Waals surface area contributed by atoms with Crippen molar-refractivity contribution in [3.05, 3.63) is 59.1 Å². The molecule has 0 saturated carbocycles. The molecule has 2 heterocycles. The zero-order valence-electron chi connectivity index (χ0n) is 15.9. The molecule has 0 unspecified atom stereocenters. The highest BCUT2D eigenvalue weighted by molar-refractivity contribution is 7.19. The molecule has 2 aromatic heterocycles. The third kappa shape index (κ3) is 4.08. The fourth-order valence-electron chi connectivity index (χ4n) is 3.09. The monoisotopic (exact) mass is 393 g/mol. The Labute approximate surface area is 168 Å². The van der Waals surface area contributed by atoms with Crippen molar-refractivity contribution >= 4 is 38.3 Å². The molecule has 28 heavy (non-hydrogen) atoms. The van der Waals surface area contributed by atoms with Crippen LogP contribution in [0.2, 0.25) is 0 Å². The lowest BCUT2D eigenvalue weighted by Crippen LogP contribution is -2.06. The molecule has 0 radical (unpaired) electrons. The number of rotatable bonds is 8. The summed E-state index contributed by atoms with van der Waals surface area (Å²) in [5.74, 6) is 1.24. The highest BCUT2D eigenvalue weighted by atomic mass is 32.1. The van der Waals surface area contributed by atoms with Crippen molar-refractivity contribution < 1.29 is 9.47 Å². The first-order valence-corrected chi connectivity index (χ1v) is 10.3. The predicted molar refractivity (Wildman–Crippen MR) is 115 cm³/mol. The molecule has 0 atom stereocenters. The van der Waals surface area contributed by atoms with E-state index in [9.17, 15) is 0 Å². The number of nitrogens with zero attached hydrogens (tertiary/aromatic N) is 2. The summed E-state index contributed by atoms with van der Waals surface area (Å²) in [5.41, 5.74) is 8.95. The van der Waals surface area contributed by atoms with E-state index in [1.807, 2.05) is 48.5 Å². The van der Waals surface area contributed by atoms with Gasteiger partial charge in [0, 0.05) is 11.5 Å². The maximum Gasteiger partial charge on any atom is 0.151 e. The topological polar surface area (TPSA) is 70.3 Å². The lowest BCUT2D eigenvalue weighted by Gasteiger charge is -2.09. The molecule has 4 rings (SSSR count). The van der Waals surface area contributed by atoms with Crippen LogP contribution in [0.4, 0.5) is 5.82 Å². The molecule has 5 nitrogen and oxygen atoms in total. The average Bonchev–Trinajstić information content (AvgIpc) is 3.13. The molecule has 2 aromatic carbocycles. The highest BCUT2D eigenvalue weighted by Crippen LogP contribution is 2.34. The number of ether oxygens (including phenoxy) is 2. The van der Waals surface area contributed by atoms with Crippen molar-refractivity contribution in [3.63, 3.8) is 0 Å². The van der Waals surface area contributed by atoms with Crippen LogP contribution < -0.4 is 10.5 Å². The van der Waals surface area contributed by atoms with Crippen LogP contribution in [0, 0.1) is 0 Å².